The van der Waals surface area contributed by atoms with Gasteiger partial charge in [-0.2, -0.15) is 11.8 Å². The largest absolute Gasteiger partial charge is 0.481 e. The molecule has 3 N–H and O–H groups in total. The third kappa shape index (κ3) is 10.8. The minimum Gasteiger partial charge on any atom is -0.481 e. The van der Waals surface area contributed by atoms with E-state index in [9.17, 15) is 29.1 Å². The Balaban J connectivity index is 1.49. The average molecular weight is 607 g/mol. The number of aliphatic carboxylic acids is 1. The minimum absolute atomic E-state index is 0.00291. The molecule has 0 bridgehead atoms. The van der Waals surface area contributed by atoms with Gasteiger partial charge in [0.25, 0.3) is 0 Å². The zero-order chi connectivity index (χ0) is 29.6. The number of benzene rings is 2. The summed E-state index contributed by atoms with van der Waals surface area (Å²) in [5.41, 5.74) is 2.30. The molecule has 2 aromatic rings. The van der Waals surface area contributed by atoms with Crippen LogP contribution in [0.15, 0.2) is 60.7 Å². The van der Waals surface area contributed by atoms with Crippen LogP contribution in [-0.4, -0.2) is 73.5 Å². The van der Waals surface area contributed by atoms with Gasteiger partial charge in [-0.05, 0) is 43.1 Å². The van der Waals surface area contributed by atoms with Crippen molar-refractivity contribution in [1.29, 1.82) is 0 Å². The van der Waals surface area contributed by atoms with Gasteiger partial charge < -0.3 is 24.8 Å². The molecule has 0 spiro atoms. The number of hydrogen-bond donors (Lipinski definition) is 3. The molecule has 41 heavy (non-hydrogen) atoms. The molecule has 0 radical (unpaired) electrons. The van der Waals surface area contributed by atoms with E-state index in [4.69, 9.17) is 9.47 Å². The van der Waals surface area contributed by atoms with Crippen LogP contribution in [0.2, 0.25) is 0 Å². The Kier molecular flexibility index (Phi) is 14.3. The van der Waals surface area contributed by atoms with E-state index in [-0.39, 0.29) is 24.7 Å². The molecule has 10 heteroatoms. The molecular formula is C31H42O8S2. The van der Waals surface area contributed by atoms with Gasteiger partial charge in [0.05, 0.1) is 12.0 Å². The van der Waals surface area contributed by atoms with Crippen molar-refractivity contribution in [3.05, 3.63) is 71.8 Å². The predicted molar refractivity (Wildman–Crippen MR) is 161 cm³/mol. The van der Waals surface area contributed by atoms with E-state index in [2.05, 4.69) is 12.1 Å². The summed E-state index contributed by atoms with van der Waals surface area (Å²) >= 11 is 1.83. The molecule has 7 atom stereocenters. The highest BCUT2D eigenvalue weighted by Crippen LogP contribution is 2.30. The highest BCUT2D eigenvalue weighted by atomic mass is 32.2. The van der Waals surface area contributed by atoms with Crippen LogP contribution in [-0.2, 0) is 41.4 Å². The van der Waals surface area contributed by atoms with Crippen LogP contribution >= 0.6 is 11.8 Å². The first-order valence-corrected chi connectivity index (χ1v) is 16.8. The van der Waals surface area contributed by atoms with E-state index < -0.39 is 53.1 Å². The standard InChI is InChI=1S/C31H42O8S2/c1-2-38-30-26(19-25(31(35)36)28(33)29(30)34)39-27(32)16-10-9-15-24(41(37)21-23-13-7-4-8-14-23)17-18-40-20-22-11-5-3-6-12-22/h3-8,11-14,24-26,28-30,33-34H,2,9-10,15-21H2,1H3,(H,35,36). The van der Waals surface area contributed by atoms with Crippen molar-refractivity contribution in [1.82, 2.24) is 0 Å². The molecule has 0 heterocycles. The Morgan fingerprint density at radius 3 is 2.27 bits per heavy atom. The van der Waals surface area contributed by atoms with Gasteiger partial charge in [-0.3, -0.25) is 13.8 Å². The monoisotopic (exact) mass is 606 g/mol. The molecule has 7 unspecified atom stereocenters. The number of esters is 1. The van der Waals surface area contributed by atoms with E-state index in [1.165, 1.54) is 5.56 Å². The molecule has 0 saturated heterocycles. The van der Waals surface area contributed by atoms with Crippen LogP contribution in [0.25, 0.3) is 0 Å². The van der Waals surface area contributed by atoms with Crippen molar-refractivity contribution in [2.24, 2.45) is 5.92 Å². The molecule has 1 aliphatic carbocycles. The van der Waals surface area contributed by atoms with Crippen LogP contribution in [0.5, 0.6) is 0 Å². The number of ether oxygens (including phenoxy) is 2. The van der Waals surface area contributed by atoms with Gasteiger partial charge in [-0.1, -0.05) is 67.1 Å². The van der Waals surface area contributed by atoms with Gasteiger partial charge >= 0.3 is 11.9 Å². The molecule has 1 aliphatic rings. The normalized spacial score (nSPS) is 23.9. The number of carboxylic acid groups (broad SMARTS) is 1. The number of aliphatic hydroxyl groups excluding tert-OH is 2. The van der Waals surface area contributed by atoms with Crippen molar-refractivity contribution in [2.45, 2.75) is 86.6 Å². The number of unbranched alkanes of at least 4 members (excludes halogenated alkanes) is 1. The number of rotatable bonds is 17. The Bertz CT molecular complexity index is 1080. The number of aliphatic hydroxyl groups is 2. The summed E-state index contributed by atoms with van der Waals surface area (Å²) < 4.78 is 24.4. The number of carbonyl (C=O) groups excluding carboxylic acids is 1. The topological polar surface area (TPSA) is 130 Å². The molecule has 0 aromatic heterocycles. The Morgan fingerprint density at radius 1 is 0.976 bits per heavy atom. The summed E-state index contributed by atoms with van der Waals surface area (Å²) in [5, 5.41) is 30.0. The Labute approximate surface area is 249 Å². The summed E-state index contributed by atoms with van der Waals surface area (Å²) in [6, 6.07) is 20.1. The fraction of sp³-hybridized carbons (Fsp3) is 0.548. The second-order valence-corrected chi connectivity index (χ2v) is 13.1. The lowest BCUT2D eigenvalue weighted by Crippen LogP contribution is -2.57. The molecule has 8 nitrogen and oxygen atoms in total. The highest BCUT2D eigenvalue weighted by molar-refractivity contribution is 7.98. The maximum Gasteiger partial charge on any atom is 0.309 e. The Morgan fingerprint density at radius 2 is 1.63 bits per heavy atom. The van der Waals surface area contributed by atoms with Crippen LogP contribution < -0.4 is 0 Å². The van der Waals surface area contributed by atoms with Gasteiger partial charge in [0.1, 0.15) is 18.3 Å². The second-order valence-electron chi connectivity index (χ2n) is 10.3. The van der Waals surface area contributed by atoms with Gasteiger partial charge in [-0.15, -0.1) is 0 Å². The maximum absolute atomic E-state index is 13.3. The van der Waals surface area contributed by atoms with E-state index in [1.54, 1.807) is 6.92 Å². The zero-order valence-electron chi connectivity index (χ0n) is 23.5. The molecule has 0 amide bonds. The van der Waals surface area contributed by atoms with Gasteiger partial charge in [-0.25, -0.2) is 0 Å². The summed E-state index contributed by atoms with van der Waals surface area (Å²) in [5.74, 6) is -0.725. The van der Waals surface area contributed by atoms with Crippen molar-refractivity contribution in [2.75, 3.05) is 12.4 Å². The smallest absolute Gasteiger partial charge is 0.309 e. The van der Waals surface area contributed by atoms with E-state index >= 15 is 0 Å². The molecule has 226 valence electrons. The SMILES string of the molecule is CCOC1C(OC(=O)CCCCC(CCSCc2ccccc2)S(=O)Cc2ccccc2)CC(C(=O)O)C(O)C1O. The molecular weight excluding hydrogens is 564 g/mol. The fourth-order valence-corrected chi connectivity index (χ4v) is 7.79. The quantitative estimate of drug-likeness (QED) is 0.178. The minimum atomic E-state index is -1.50. The molecule has 1 fully saturated rings. The van der Waals surface area contributed by atoms with Gasteiger partial charge in [0, 0.05) is 47.0 Å². The summed E-state index contributed by atoms with van der Waals surface area (Å²) in [4.78, 5) is 24.2. The molecule has 1 saturated carbocycles. The second kappa shape index (κ2) is 17.7. The van der Waals surface area contributed by atoms with E-state index in [1.807, 2.05) is 60.3 Å². The number of hydrogen-bond acceptors (Lipinski definition) is 8. The van der Waals surface area contributed by atoms with Gasteiger partial charge in [0.2, 0.25) is 0 Å². The van der Waals surface area contributed by atoms with Crippen LogP contribution in [0.3, 0.4) is 0 Å². The number of thioether (sulfide) groups is 1. The lowest BCUT2D eigenvalue weighted by Gasteiger charge is -2.40. The highest BCUT2D eigenvalue weighted by Gasteiger charge is 2.48. The Hall–Kier alpha value is -2.24. The first kappa shape index (κ1) is 33.3. The fourth-order valence-electron chi connectivity index (χ4n) is 5.05. The summed E-state index contributed by atoms with van der Waals surface area (Å²) in [6.07, 6.45) is -2.18. The predicted octanol–water partition coefficient (Wildman–Crippen LogP) is 4.33. The third-order valence-electron chi connectivity index (χ3n) is 7.29. The van der Waals surface area contributed by atoms with Crippen LogP contribution in [0.4, 0.5) is 0 Å². The van der Waals surface area contributed by atoms with Crippen molar-refractivity contribution < 1.29 is 38.6 Å². The number of carboxylic acids is 1. The van der Waals surface area contributed by atoms with E-state index in [0.717, 1.165) is 29.9 Å². The van der Waals surface area contributed by atoms with Crippen LogP contribution in [0, 0.1) is 5.92 Å². The van der Waals surface area contributed by atoms with Crippen molar-refractivity contribution in [3.8, 4) is 0 Å². The van der Waals surface area contributed by atoms with Crippen LogP contribution in [0.1, 0.15) is 56.6 Å². The summed E-state index contributed by atoms with van der Waals surface area (Å²) in [7, 11) is -1.05. The van der Waals surface area contributed by atoms with E-state index in [0.29, 0.717) is 18.6 Å². The zero-order valence-corrected chi connectivity index (χ0v) is 25.1. The van der Waals surface area contributed by atoms with Crippen molar-refractivity contribution in [3.63, 3.8) is 0 Å². The molecule has 2 aromatic carbocycles. The van der Waals surface area contributed by atoms with Gasteiger partial charge in [0.15, 0.2) is 0 Å². The maximum atomic E-state index is 13.3. The number of carbonyl (C=O) groups is 2. The summed E-state index contributed by atoms with van der Waals surface area (Å²) in [6.45, 7) is 1.92. The lowest BCUT2D eigenvalue weighted by atomic mass is 9.80. The third-order valence-corrected chi connectivity index (χ3v) is 10.2. The van der Waals surface area contributed by atoms with Crippen molar-refractivity contribution >= 4 is 34.5 Å². The lowest BCUT2D eigenvalue weighted by molar-refractivity contribution is -0.202. The first-order chi connectivity index (χ1) is 19.8. The first-order valence-electron chi connectivity index (χ1n) is 14.2. The average Bonchev–Trinajstić information content (AvgIpc) is 2.96. The molecule has 0 aliphatic heterocycles. The molecule has 3 rings (SSSR count).